The van der Waals surface area contributed by atoms with Crippen molar-refractivity contribution in [1.29, 1.82) is 5.41 Å². The van der Waals surface area contributed by atoms with E-state index in [2.05, 4.69) is 5.48 Å². The highest BCUT2D eigenvalue weighted by Crippen LogP contribution is 2.30. The summed E-state index contributed by atoms with van der Waals surface area (Å²) in [5.41, 5.74) is 11.5. The number of nitrogens with two attached hydrogens (primary N) is 1. The van der Waals surface area contributed by atoms with Crippen molar-refractivity contribution in [3.63, 3.8) is 0 Å². The summed E-state index contributed by atoms with van der Waals surface area (Å²) >= 11 is 0. The van der Waals surface area contributed by atoms with E-state index < -0.39 is 0 Å². The minimum Gasteiger partial charge on any atom is -0.384 e. The average molecular weight is 317 g/mol. The fraction of sp³-hybridized carbons (Fsp3) is 0. The van der Waals surface area contributed by atoms with Crippen molar-refractivity contribution in [3.05, 3.63) is 83.3 Å². The summed E-state index contributed by atoms with van der Waals surface area (Å²) in [4.78, 5) is 11.3. The molecule has 3 aromatic carbocycles. The fourth-order valence-corrected chi connectivity index (χ4v) is 2.35. The molecule has 0 unspecified atom stereocenters. The summed E-state index contributed by atoms with van der Waals surface area (Å²) in [5.74, 6) is 0.118. The van der Waals surface area contributed by atoms with Crippen LogP contribution >= 0.6 is 0 Å². The molecule has 0 saturated heterocycles. The van der Waals surface area contributed by atoms with Crippen LogP contribution in [0.1, 0.15) is 15.7 Å². The number of nitrogens with one attached hydrogen (secondary N) is 1. The molecule has 0 aliphatic heterocycles. The van der Waals surface area contributed by atoms with Gasteiger partial charge in [-0.25, -0.2) is 0 Å². The molecule has 5 nitrogen and oxygen atoms in total. The van der Waals surface area contributed by atoms with Gasteiger partial charge in [0.25, 0.3) is 0 Å². The van der Waals surface area contributed by atoms with Crippen LogP contribution in [-0.4, -0.2) is 17.9 Å². The maximum atomic E-state index is 11.3. The Morgan fingerprint density at radius 1 is 1.00 bits per heavy atom. The lowest BCUT2D eigenvalue weighted by Gasteiger charge is -2.10. The van der Waals surface area contributed by atoms with E-state index in [1.807, 2.05) is 36.4 Å². The summed E-state index contributed by atoms with van der Waals surface area (Å²) in [6, 6.07) is 20.0. The summed E-state index contributed by atoms with van der Waals surface area (Å²) < 4.78 is 5.36. The lowest BCUT2D eigenvalue weighted by Crippen LogP contribution is -2.10. The van der Waals surface area contributed by atoms with Crippen LogP contribution in [0.4, 0.5) is 5.69 Å². The molecule has 0 aromatic heterocycles. The molecule has 24 heavy (non-hydrogen) atoms. The maximum absolute atomic E-state index is 11.3. The third kappa shape index (κ3) is 3.15. The standard InChI is InChI=1S/C19H15N3O2/c20-19(21)15-10-9-13-7-4-8-17(16(13)11-15)22-24-18(12-23)14-5-2-1-3-6-14/h1-12H,(H3,20,21). The zero-order valence-electron chi connectivity index (χ0n) is 12.8. The largest absolute Gasteiger partial charge is 0.391 e. The highest BCUT2D eigenvalue weighted by Gasteiger charge is 2.11. The van der Waals surface area contributed by atoms with Gasteiger partial charge >= 0.3 is 5.78 Å². The number of amidine groups is 1. The Balaban J connectivity index is 2.00. The van der Waals surface area contributed by atoms with Crippen LogP contribution < -0.4 is 5.73 Å². The molecular formula is C19H15N3O2. The number of carbonyl (C=O) groups excluding carboxylic acids is 2. The van der Waals surface area contributed by atoms with Crippen LogP contribution in [0.15, 0.2) is 66.7 Å². The molecule has 0 atom stereocenters. The number of aldehydes is 1. The Bertz CT molecular complexity index is 934. The van der Waals surface area contributed by atoms with Crippen LogP contribution in [-0.2, 0) is 4.79 Å². The molecular weight excluding hydrogens is 302 g/mol. The second-order valence-electron chi connectivity index (χ2n) is 5.16. The molecule has 3 N–H and O–H groups in total. The lowest BCUT2D eigenvalue weighted by atomic mass is 10.1. The van der Waals surface area contributed by atoms with Crippen molar-refractivity contribution in [2.45, 2.75) is 0 Å². The summed E-state index contributed by atoms with van der Waals surface area (Å²) in [7, 11) is 0. The normalized spacial score (nSPS) is 11.2. The minimum absolute atomic E-state index is 0.0166. The molecule has 5 heteroatoms. The zero-order valence-corrected chi connectivity index (χ0v) is 12.8. The van der Waals surface area contributed by atoms with Gasteiger partial charge < -0.3 is 5.73 Å². The van der Waals surface area contributed by atoms with Crippen molar-refractivity contribution in [2.24, 2.45) is 5.73 Å². The van der Waals surface area contributed by atoms with Gasteiger partial charge in [0, 0.05) is 5.56 Å². The van der Waals surface area contributed by atoms with E-state index in [0.29, 0.717) is 23.1 Å². The highest BCUT2D eigenvalue weighted by molar-refractivity contribution is 6.33. The molecule has 0 spiro atoms. The monoisotopic (exact) mass is 317 g/mol. The van der Waals surface area contributed by atoms with E-state index in [1.54, 1.807) is 30.3 Å². The van der Waals surface area contributed by atoms with Crippen LogP contribution in [0.2, 0.25) is 0 Å². The van der Waals surface area contributed by atoms with Crippen molar-refractivity contribution in [1.82, 2.24) is 0 Å². The molecule has 0 radical (unpaired) electrons. The Hall–Kier alpha value is -3.47. The van der Waals surface area contributed by atoms with Gasteiger partial charge in [0.1, 0.15) is 5.84 Å². The van der Waals surface area contributed by atoms with Crippen molar-refractivity contribution in [2.75, 3.05) is 0 Å². The Morgan fingerprint density at radius 3 is 2.50 bits per heavy atom. The molecule has 3 aromatic rings. The smallest absolute Gasteiger partial charge is 0.384 e. The quantitative estimate of drug-likeness (QED) is 0.143. The van der Waals surface area contributed by atoms with Crippen LogP contribution in [0.25, 0.3) is 16.3 Å². The van der Waals surface area contributed by atoms with Crippen LogP contribution in [0.3, 0.4) is 0 Å². The maximum Gasteiger partial charge on any atom is 0.391 e. The number of ketones is 1. The first-order valence-electron chi connectivity index (χ1n) is 7.32. The van der Waals surface area contributed by atoms with Gasteiger partial charge in [0.2, 0.25) is 6.29 Å². The first-order valence-corrected chi connectivity index (χ1v) is 7.32. The van der Waals surface area contributed by atoms with Crippen LogP contribution in [0, 0.1) is 5.41 Å². The van der Waals surface area contributed by atoms with E-state index in [-0.39, 0.29) is 11.6 Å². The highest BCUT2D eigenvalue weighted by atomic mass is 16.6. The molecule has 0 heterocycles. The van der Waals surface area contributed by atoms with Gasteiger partial charge in [0.15, 0.2) is 0 Å². The predicted molar refractivity (Wildman–Crippen MR) is 94.8 cm³/mol. The molecule has 0 amide bonds. The third-order valence-corrected chi connectivity index (χ3v) is 3.58. The second kappa shape index (κ2) is 6.75. The van der Waals surface area contributed by atoms with Crippen molar-refractivity contribution in [3.8, 4) is 0 Å². The third-order valence-electron chi connectivity index (χ3n) is 3.58. The fourth-order valence-electron chi connectivity index (χ4n) is 2.35. The molecule has 0 aliphatic carbocycles. The summed E-state index contributed by atoms with van der Waals surface area (Å²) in [6.07, 6.45) is 0.630. The lowest BCUT2D eigenvalue weighted by molar-refractivity contribution is -0.193. The topological polar surface area (TPSA) is 92.3 Å². The molecule has 118 valence electrons. The molecule has 3 rings (SSSR count). The van der Waals surface area contributed by atoms with Gasteiger partial charge in [-0.15, -0.1) is 0 Å². The first-order chi connectivity index (χ1) is 11.7. The van der Waals surface area contributed by atoms with Crippen LogP contribution in [0.5, 0.6) is 0 Å². The van der Waals surface area contributed by atoms with E-state index in [4.69, 9.17) is 15.7 Å². The second-order valence-corrected chi connectivity index (χ2v) is 5.16. The van der Waals surface area contributed by atoms with E-state index >= 15 is 0 Å². The number of nitrogen functional groups attached to an aromatic ring is 1. The van der Waals surface area contributed by atoms with E-state index in [0.717, 1.165) is 10.8 Å². The number of rotatable bonds is 5. The van der Waals surface area contributed by atoms with E-state index in [1.165, 1.54) is 0 Å². The molecule has 0 aliphatic rings. The number of nitrogens with zero attached hydrogens (tertiary/aromatic N) is 1. The summed E-state index contributed by atoms with van der Waals surface area (Å²) in [5, 5.41) is 9.30. The van der Waals surface area contributed by atoms with Gasteiger partial charge in [-0.2, -0.15) is 0 Å². The van der Waals surface area contributed by atoms with Gasteiger partial charge in [-0.05, 0) is 34.7 Å². The average Bonchev–Trinajstić information content (AvgIpc) is 2.62. The van der Waals surface area contributed by atoms with Gasteiger partial charge in [-0.3, -0.25) is 20.2 Å². The zero-order chi connectivity index (χ0) is 16.9. The number of hydrogen-bond acceptors (Lipinski definition) is 2. The van der Waals surface area contributed by atoms with Crippen molar-refractivity contribution < 1.29 is 9.32 Å². The van der Waals surface area contributed by atoms with E-state index in [9.17, 15) is 4.79 Å². The Labute approximate surface area is 138 Å². The molecule has 0 saturated carbocycles. The predicted octanol–water partition coefficient (Wildman–Crippen LogP) is 3.66. The minimum atomic E-state index is -0.0166. The first kappa shape index (κ1) is 15.4. The van der Waals surface area contributed by atoms with Crippen molar-refractivity contribution >= 4 is 34.4 Å². The van der Waals surface area contributed by atoms with Gasteiger partial charge in [-0.1, -0.05) is 48.5 Å². The SMILES string of the molecule is N=C(N)c1ccc2cccc([N-][O+]=C(C=O)c3ccccc3)c2c1. The molecule has 0 fully saturated rings. The van der Waals surface area contributed by atoms with Gasteiger partial charge in [0.05, 0.1) is 5.56 Å². The Kier molecular flexibility index (Phi) is 4.34. The number of benzene rings is 3. The Morgan fingerprint density at radius 2 is 1.79 bits per heavy atom. The number of carbonyl (C=O) groups is 1. The number of hydrogen-bond donors (Lipinski definition) is 2. The number of fused-ring (bicyclic) bond motifs is 1. The molecule has 0 bridgehead atoms. The summed E-state index contributed by atoms with van der Waals surface area (Å²) in [6.45, 7) is 0.